The van der Waals surface area contributed by atoms with Gasteiger partial charge in [-0.2, -0.15) is 4.31 Å². The van der Waals surface area contributed by atoms with Crippen LogP contribution in [-0.4, -0.2) is 75.0 Å². The zero-order valence-corrected chi connectivity index (χ0v) is 19.6. The minimum Gasteiger partial charge on any atom is -0.369 e. The lowest BCUT2D eigenvalue weighted by atomic mass is 10.2. The molecule has 0 aromatic heterocycles. The monoisotopic (exact) mass is 458 g/mol. The molecule has 0 bridgehead atoms. The molecule has 1 aliphatic rings. The molecule has 0 unspecified atom stereocenters. The molecule has 9 heteroatoms. The average Bonchev–Trinajstić information content (AvgIpc) is 2.75. The van der Waals surface area contributed by atoms with Gasteiger partial charge in [0.2, 0.25) is 21.8 Å². The maximum Gasteiger partial charge on any atom is 0.243 e. The summed E-state index contributed by atoms with van der Waals surface area (Å²) >= 11 is 0. The molecule has 1 heterocycles. The van der Waals surface area contributed by atoms with E-state index in [0.29, 0.717) is 31.9 Å². The second kappa shape index (κ2) is 10.1. The number of nitrogens with one attached hydrogen (secondary N) is 1. The molecule has 0 aliphatic carbocycles. The van der Waals surface area contributed by atoms with E-state index in [1.165, 1.54) is 11.4 Å². The lowest BCUT2D eigenvalue weighted by Gasteiger charge is -2.35. The molecule has 2 aromatic carbocycles. The van der Waals surface area contributed by atoms with Gasteiger partial charge in [-0.15, -0.1) is 0 Å². The third-order valence-electron chi connectivity index (χ3n) is 5.45. The Balaban J connectivity index is 1.50. The predicted octanol–water partition coefficient (Wildman–Crippen LogP) is 1.85. The summed E-state index contributed by atoms with van der Waals surface area (Å²) in [4.78, 5) is 28.0. The highest BCUT2D eigenvalue weighted by molar-refractivity contribution is 7.89. The zero-order valence-electron chi connectivity index (χ0n) is 18.7. The van der Waals surface area contributed by atoms with E-state index in [2.05, 4.69) is 16.3 Å². The van der Waals surface area contributed by atoms with Gasteiger partial charge < -0.3 is 15.1 Å². The molecule has 32 heavy (non-hydrogen) atoms. The summed E-state index contributed by atoms with van der Waals surface area (Å²) in [6, 6.07) is 15.4. The Morgan fingerprint density at radius 3 is 2.25 bits per heavy atom. The van der Waals surface area contributed by atoms with Crippen LogP contribution in [0, 0.1) is 13.8 Å². The van der Waals surface area contributed by atoms with E-state index >= 15 is 0 Å². The molecule has 2 amide bonds. The molecule has 0 atom stereocenters. The Kier molecular flexibility index (Phi) is 7.52. The van der Waals surface area contributed by atoms with E-state index in [1.807, 2.05) is 44.2 Å². The van der Waals surface area contributed by atoms with Gasteiger partial charge in [0.05, 0.1) is 6.54 Å². The molecule has 3 rings (SSSR count). The summed E-state index contributed by atoms with van der Waals surface area (Å²) in [5.41, 5.74) is 3.91. The average molecular weight is 459 g/mol. The normalized spacial score (nSPS) is 14.8. The summed E-state index contributed by atoms with van der Waals surface area (Å²) < 4.78 is 26.9. The fraction of sp³-hybridized carbons (Fsp3) is 0.391. The van der Waals surface area contributed by atoms with Crippen molar-refractivity contribution in [3.8, 4) is 0 Å². The first-order valence-electron chi connectivity index (χ1n) is 10.5. The maximum atomic E-state index is 12.8. The van der Waals surface area contributed by atoms with E-state index in [1.54, 1.807) is 12.1 Å². The van der Waals surface area contributed by atoms with Crippen LogP contribution < -0.4 is 10.2 Å². The van der Waals surface area contributed by atoms with Gasteiger partial charge in [0.1, 0.15) is 5.75 Å². The number of anilines is 2. The van der Waals surface area contributed by atoms with Crippen LogP contribution in [0.3, 0.4) is 0 Å². The Labute approximate surface area is 189 Å². The third-order valence-corrected chi connectivity index (χ3v) is 7.21. The van der Waals surface area contributed by atoms with Crippen molar-refractivity contribution < 1.29 is 18.0 Å². The number of piperazine rings is 1. The topological polar surface area (TPSA) is 90.0 Å². The Morgan fingerprint density at radius 2 is 1.62 bits per heavy atom. The smallest absolute Gasteiger partial charge is 0.243 e. The van der Waals surface area contributed by atoms with Gasteiger partial charge >= 0.3 is 0 Å². The Morgan fingerprint density at radius 1 is 0.969 bits per heavy atom. The van der Waals surface area contributed by atoms with Crippen LogP contribution in [0.1, 0.15) is 11.1 Å². The summed E-state index contributed by atoms with van der Waals surface area (Å²) in [5, 5.41) is 2.71. The number of benzene rings is 2. The molecule has 8 nitrogen and oxygen atoms in total. The van der Waals surface area contributed by atoms with Crippen LogP contribution in [0.2, 0.25) is 0 Å². The Bertz CT molecular complexity index is 1060. The summed E-state index contributed by atoms with van der Waals surface area (Å²) in [7, 11) is -2.32. The number of sulfonamides is 1. The highest BCUT2D eigenvalue weighted by atomic mass is 32.2. The van der Waals surface area contributed by atoms with Crippen LogP contribution in [0.5, 0.6) is 0 Å². The lowest BCUT2D eigenvalue weighted by Crippen LogP contribution is -2.51. The highest BCUT2D eigenvalue weighted by Crippen LogP contribution is 2.19. The van der Waals surface area contributed by atoms with E-state index in [9.17, 15) is 18.0 Å². The molecule has 0 saturated carbocycles. The van der Waals surface area contributed by atoms with Crippen LogP contribution in [-0.2, 0) is 19.6 Å². The molecule has 0 radical (unpaired) electrons. The van der Waals surface area contributed by atoms with Crippen molar-refractivity contribution in [1.29, 1.82) is 0 Å². The van der Waals surface area contributed by atoms with Crippen molar-refractivity contribution in [1.82, 2.24) is 9.21 Å². The van der Waals surface area contributed by atoms with Crippen LogP contribution >= 0.6 is 0 Å². The maximum absolute atomic E-state index is 12.8. The van der Waals surface area contributed by atoms with Gasteiger partial charge in [0.15, 0.2) is 0 Å². The summed E-state index contributed by atoms with van der Waals surface area (Å²) in [6.07, 6.45) is 0. The zero-order chi connectivity index (χ0) is 23.3. The second-order valence-electron chi connectivity index (χ2n) is 8.15. The second-order valence-corrected chi connectivity index (χ2v) is 10.1. The first-order valence-corrected chi connectivity index (χ1v) is 12.1. The third kappa shape index (κ3) is 6.30. The van der Waals surface area contributed by atoms with E-state index in [-0.39, 0.29) is 12.5 Å². The van der Waals surface area contributed by atoms with E-state index in [0.717, 1.165) is 21.7 Å². The molecular formula is C23H30N4O4S. The SMILES string of the molecule is Cc1ccc(NC(=O)CN(C)C(=O)CS(=O)(=O)N2CCN(c3cccc(C)c3)CC2)cc1. The van der Waals surface area contributed by atoms with Crippen molar-refractivity contribution in [2.24, 2.45) is 0 Å². The number of hydrogen-bond donors (Lipinski definition) is 1. The molecule has 1 saturated heterocycles. The highest BCUT2D eigenvalue weighted by Gasteiger charge is 2.30. The Hall–Kier alpha value is -2.91. The number of rotatable bonds is 7. The van der Waals surface area contributed by atoms with E-state index < -0.39 is 21.7 Å². The minimum absolute atomic E-state index is 0.219. The standard InChI is InChI=1S/C23H30N4O4S/c1-18-7-9-20(10-8-18)24-22(28)16-25(3)23(29)17-32(30,31)27-13-11-26(12-14-27)21-6-4-5-19(2)15-21/h4-10,15H,11-14,16-17H2,1-3H3,(H,24,28). The van der Waals surface area contributed by atoms with Gasteiger partial charge in [-0.1, -0.05) is 29.8 Å². The van der Waals surface area contributed by atoms with Gasteiger partial charge in [-0.3, -0.25) is 9.59 Å². The number of nitrogens with zero attached hydrogens (tertiary/aromatic N) is 3. The number of hydrogen-bond acceptors (Lipinski definition) is 5. The molecular weight excluding hydrogens is 428 g/mol. The van der Waals surface area contributed by atoms with Gasteiger partial charge in [-0.25, -0.2) is 8.42 Å². The quantitative estimate of drug-likeness (QED) is 0.684. The number of aryl methyl sites for hydroxylation is 2. The van der Waals surface area contributed by atoms with Crippen molar-refractivity contribution in [3.63, 3.8) is 0 Å². The van der Waals surface area contributed by atoms with Crippen molar-refractivity contribution in [2.75, 3.05) is 55.7 Å². The van der Waals surface area contributed by atoms with Gasteiger partial charge in [0, 0.05) is 44.6 Å². The van der Waals surface area contributed by atoms with Gasteiger partial charge in [-0.05, 0) is 43.7 Å². The first kappa shape index (κ1) is 23.7. The predicted molar refractivity (Wildman–Crippen MR) is 126 cm³/mol. The summed E-state index contributed by atoms with van der Waals surface area (Å²) in [6.45, 7) is 5.51. The first-order chi connectivity index (χ1) is 15.1. The van der Waals surface area contributed by atoms with Crippen LogP contribution in [0.4, 0.5) is 11.4 Å². The fourth-order valence-corrected chi connectivity index (χ4v) is 4.98. The van der Waals surface area contributed by atoms with Crippen LogP contribution in [0.25, 0.3) is 0 Å². The number of likely N-dealkylation sites (N-methyl/N-ethyl adjacent to an activating group) is 1. The lowest BCUT2D eigenvalue weighted by molar-refractivity contribution is -0.131. The molecule has 172 valence electrons. The van der Waals surface area contributed by atoms with E-state index in [4.69, 9.17) is 0 Å². The fourth-order valence-electron chi connectivity index (χ4n) is 3.55. The number of carbonyl (C=O) groups is 2. The number of amides is 2. The molecule has 1 N–H and O–H groups in total. The number of carbonyl (C=O) groups excluding carboxylic acids is 2. The molecule has 1 aliphatic heterocycles. The molecule has 0 spiro atoms. The largest absolute Gasteiger partial charge is 0.369 e. The van der Waals surface area contributed by atoms with Crippen LogP contribution in [0.15, 0.2) is 48.5 Å². The van der Waals surface area contributed by atoms with Crippen molar-refractivity contribution >= 4 is 33.2 Å². The molecule has 2 aromatic rings. The molecule has 1 fully saturated rings. The van der Waals surface area contributed by atoms with Gasteiger partial charge in [0.25, 0.3) is 0 Å². The van der Waals surface area contributed by atoms with Crippen molar-refractivity contribution in [3.05, 3.63) is 59.7 Å². The summed E-state index contributed by atoms with van der Waals surface area (Å²) in [5.74, 6) is -1.63. The minimum atomic E-state index is -3.76. The van der Waals surface area contributed by atoms with Crippen molar-refractivity contribution in [2.45, 2.75) is 13.8 Å².